The SMILES string of the molecule is CC1CN(Cc2cc(CN)co2)CCS1. The van der Waals surface area contributed by atoms with Crippen molar-refractivity contribution in [3.8, 4) is 0 Å². The summed E-state index contributed by atoms with van der Waals surface area (Å²) in [6, 6.07) is 2.06. The quantitative estimate of drug-likeness (QED) is 0.851. The van der Waals surface area contributed by atoms with E-state index in [0.29, 0.717) is 6.54 Å². The molecule has 0 amide bonds. The Morgan fingerprint density at radius 2 is 2.53 bits per heavy atom. The van der Waals surface area contributed by atoms with Gasteiger partial charge in [0.25, 0.3) is 0 Å². The summed E-state index contributed by atoms with van der Waals surface area (Å²) in [5.74, 6) is 2.26. The molecule has 0 bridgehead atoms. The highest BCUT2D eigenvalue weighted by molar-refractivity contribution is 7.99. The van der Waals surface area contributed by atoms with Crippen LogP contribution in [-0.2, 0) is 13.1 Å². The number of nitrogens with zero attached hydrogens (tertiary/aromatic N) is 1. The minimum Gasteiger partial charge on any atom is -0.468 e. The number of rotatable bonds is 3. The van der Waals surface area contributed by atoms with Crippen molar-refractivity contribution in [3.63, 3.8) is 0 Å². The molecule has 2 rings (SSSR count). The van der Waals surface area contributed by atoms with Gasteiger partial charge in [-0.15, -0.1) is 0 Å². The molecule has 1 aromatic heterocycles. The van der Waals surface area contributed by atoms with E-state index in [1.165, 1.54) is 5.75 Å². The van der Waals surface area contributed by atoms with Crippen molar-refractivity contribution in [2.45, 2.75) is 25.3 Å². The first-order chi connectivity index (χ1) is 7.28. The fourth-order valence-corrected chi connectivity index (χ4v) is 2.95. The van der Waals surface area contributed by atoms with Crippen LogP contribution in [0.4, 0.5) is 0 Å². The van der Waals surface area contributed by atoms with Gasteiger partial charge in [-0.05, 0) is 6.07 Å². The Morgan fingerprint density at radius 1 is 1.67 bits per heavy atom. The Bertz CT molecular complexity index is 313. The second-order valence-corrected chi connectivity index (χ2v) is 5.59. The van der Waals surface area contributed by atoms with Gasteiger partial charge in [-0.25, -0.2) is 0 Å². The van der Waals surface area contributed by atoms with Crippen LogP contribution in [0.25, 0.3) is 0 Å². The van der Waals surface area contributed by atoms with Crippen molar-refractivity contribution in [2.24, 2.45) is 5.73 Å². The number of hydrogen-bond acceptors (Lipinski definition) is 4. The van der Waals surface area contributed by atoms with Gasteiger partial charge in [0.15, 0.2) is 0 Å². The molecule has 0 aliphatic carbocycles. The molecule has 1 fully saturated rings. The highest BCUT2D eigenvalue weighted by Crippen LogP contribution is 2.20. The average Bonchev–Trinajstić information content (AvgIpc) is 2.65. The summed E-state index contributed by atoms with van der Waals surface area (Å²) in [5, 5.41) is 0.739. The van der Waals surface area contributed by atoms with Crippen molar-refractivity contribution in [2.75, 3.05) is 18.8 Å². The van der Waals surface area contributed by atoms with Crippen LogP contribution in [0.1, 0.15) is 18.2 Å². The van der Waals surface area contributed by atoms with E-state index in [9.17, 15) is 0 Å². The van der Waals surface area contributed by atoms with Crippen LogP contribution in [0, 0.1) is 0 Å². The van der Waals surface area contributed by atoms with E-state index in [0.717, 1.165) is 36.2 Å². The Labute approximate surface area is 95.0 Å². The van der Waals surface area contributed by atoms with Gasteiger partial charge in [-0.1, -0.05) is 6.92 Å². The summed E-state index contributed by atoms with van der Waals surface area (Å²) >= 11 is 2.05. The molecule has 15 heavy (non-hydrogen) atoms. The molecule has 1 aromatic rings. The summed E-state index contributed by atoms with van der Waals surface area (Å²) in [5.41, 5.74) is 6.63. The molecule has 1 aliphatic heterocycles. The van der Waals surface area contributed by atoms with E-state index < -0.39 is 0 Å². The molecule has 0 spiro atoms. The Morgan fingerprint density at radius 3 is 3.20 bits per heavy atom. The second kappa shape index (κ2) is 5.05. The molecular formula is C11H18N2OS. The van der Waals surface area contributed by atoms with E-state index in [1.54, 1.807) is 6.26 Å². The Kier molecular flexibility index (Phi) is 3.72. The highest BCUT2D eigenvalue weighted by atomic mass is 32.2. The molecule has 84 valence electrons. The predicted octanol–water partition coefficient (Wildman–Crippen LogP) is 1.68. The molecule has 0 aromatic carbocycles. The minimum absolute atomic E-state index is 0.565. The third kappa shape index (κ3) is 3.00. The molecule has 1 aliphatic rings. The number of thioether (sulfide) groups is 1. The first-order valence-corrected chi connectivity index (χ1v) is 6.43. The lowest BCUT2D eigenvalue weighted by Gasteiger charge is -2.29. The van der Waals surface area contributed by atoms with Crippen LogP contribution in [-0.4, -0.2) is 29.0 Å². The van der Waals surface area contributed by atoms with Crippen molar-refractivity contribution >= 4 is 11.8 Å². The smallest absolute Gasteiger partial charge is 0.118 e. The van der Waals surface area contributed by atoms with Gasteiger partial charge in [-0.2, -0.15) is 11.8 Å². The second-order valence-electron chi connectivity index (χ2n) is 4.04. The van der Waals surface area contributed by atoms with Gasteiger partial charge < -0.3 is 10.2 Å². The van der Waals surface area contributed by atoms with Crippen molar-refractivity contribution in [3.05, 3.63) is 23.7 Å². The average molecular weight is 226 g/mol. The van der Waals surface area contributed by atoms with Crippen LogP contribution >= 0.6 is 11.8 Å². The maximum Gasteiger partial charge on any atom is 0.118 e. The van der Waals surface area contributed by atoms with Crippen LogP contribution in [0.15, 0.2) is 16.7 Å². The number of furan rings is 1. The highest BCUT2D eigenvalue weighted by Gasteiger charge is 2.17. The third-order valence-electron chi connectivity index (χ3n) is 2.65. The molecule has 0 radical (unpaired) electrons. The first kappa shape index (κ1) is 11.0. The maximum absolute atomic E-state index is 5.54. The predicted molar refractivity (Wildman–Crippen MR) is 63.8 cm³/mol. The molecule has 2 heterocycles. The number of nitrogens with two attached hydrogens (primary N) is 1. The lowest BCUT2D eigenvalue weighted by Crippen LogP contribution is -2.35. The van der Waals surface area contributed by atoms with Gasteiger partial charge in [0, 0.05) is 36.2 Å². The summed E-state index contributed by atoms with van der Waals surface area (Å²) in [7, 11) is 0. The largest absolute Gasteiger partial charge is 0.468 e. The molecule has 1 saturated heterocycles. The lowest BCUT2D eigenvalue weighted by molar-refractivity contribution is 0.254. The van der Waals surface area contributed by atoms with E-state index >= 15 is 0 Å². The Hall–Kier alpha value is -0.450. The summed E-state index contributed by atoms with van der Waals surface area (Å²) < 4.78 is 5.47. The topological polar surface area (TPSA) is 42.4 Å². The molecule has 4 heteroatoms. The summed E-state index contributed by atoms with van der Waals surface area (Å²) in [6.07, 6.45) is 1.76. The van der Waals surface area contributed by atoms with Gasteiger partial charge in [0.1, 0.15) is 5.76 Å². The molecule has 2 N–H and O–H groups in total. The molecule has 0 saturated carbocycles. The molecule has 3 nitrogen and oxygen atoms in total. The molecule has 1 atom stereocenters. The lowest BCUT2D eigenvalue weighted by atomic mass is 10.3. The zero-order valence-electron chi connectivity index (χ0n) is 9.11. The van der Waals surface area contributed by atoms with Crippen molar-refractivity contribution < 1.29 is 4.42 Å². The van der Waals surface area contributed by atoms with E-state index in [2.05, 4.69) is 17.9 Å². The normalized spacial score (nSPS) is 23.2. The van der Waals surface area contributed by atoms with E-state index in [1.807, 2.05) is 11.8 Å². The van der Waals surface area contributed by atoms with Gasteiger partial charge in [0.05, 0.1) is 12.8 Å². The van der Waals surface area contributed by atoms with Gasteiger partial charge in [0.2, 0.25) is 0 Å². The van der Waals surface area contributed by atoms with Crippen molar-refractivity contribution in [1.82, 2.24) is 4.90 Å². The number of hydrogen-bond donors (Lipinski definition) is 1. The first-order valence-electron chi connectivity index (χ1n) is 5.38. The van der Waals surface area contributed by atoms with E-state index in [4.69, 9.17) is 10.2 Å². The molecular weight excluding hydrogens is 208 g/mol. The van der Waals surface area contributed by atoms with Gasteiger partial charge in [-0.3, -0.25) is 4.90 Å². The maximum atomic E-state index is 5.54. The van der Waals surface area contributed by atoms with Crippen LogP contribution in [0.5, 0.6) is 0 Å². The zero-order valence-corrected chi connectivity index (χ0v) is 9.93. The van der Waals surface area contributed by atoms with E-state index in [-0.39, 0.29) is 0 Å². The third-order valence-corrected chi connectivity index (χ3v) is 3.78. The van der Waals surface area contributed by atoms with Crippen molar-refractivity contribution in [1.29, 1.82) is 0 Å². The minimum atomic E-state index is 0.565. The monoisotopic (exact) mass is 226 g/mol. The van der Waals surface area contributed by atoms with Gasteiger partial charge >= 0.3 is 0 Å². The summed E-state index contributed by atoms with van der Waals surface area (Å²) in [4.78, 5) is 2.44. The van der Waals surface area contributed by atoms with Crippen LogP contribution in [0.2, 0.25) is 0 Å². The standard InChI is InChI=1S/C11H18N2OS/c1-9-6-13(2-3-15-9)7-11-4-10(5-12)8-14-11/h4,8-9H,2-3,5-7,12H2,1H3. The summed E-state index contributed by atoms with van der Waals surface area (Å²) in [6.45, 7) is 6.09. The Balaban J connectivity index is 1.90. The molecule has 1 unspecified atom stereocenters. The van der Waals surface area contributed by atoms with Crippen LogP contribution < -0.4 is 5.73 Å². The fraction of sp³-hybridized carbons (Fsp3) is 0.636. The zero-order chi connectivity index (χ0) is 10.7. The van der Waals surface area contributed by atoms with Crippen LogP contribution in [0.3, 0.4) is 0 Å². The fourth-order valence-electron chi connectivity index (χ4n) is 1.87.